The second kappa shape index (κ2) is 6.99. The number of rotatable bonds is 4. The van der Waals surface area contributed by atoms with E-state index in [1.165, 1.54) is 0 Å². The Kier molecular flexibility index (Phi) is 4.58. The first-order valence-electron chi connectivity index (χ1n) is 7.80. The van der Waals surface area contributed by atoms with E-state index in [2.05, 4.69) is 10.5 Å². The van der Waals surface area contributed by atoms with Gasteiger partial charge in [-0.15, -0.1) is 0 Å². The Morgan fingerprint density at radius 2 is 1.73 bits per heavy atom. The van der Waals surface area contributed by atoms with Gasteiger partial charge >= 0.3 is 5.97 Å². The quantitative estimate of drug-likeness (QED) is 0.441. The predicted octanol–water partition coefficient (Wildman–Crippen LogP) is 2.32. The van der Waals surface area contributed by atoms with E-state index in [0.29, 0.717) is 11.1 Å². The van der Waals surface area contributed by atoms with Crippen LogP contribution in [0, 0.1) is 11.3 Å². The van der Waals surface area contributed by atoms with Crippen LogP contribution >= 0.6 is 0 Å². The number of esters is 1. The monoisotopic (exact) mass is 347 g/mol. The number of ketones is 2. The van der Waals surface area contributed by atoms with E-state index in [-0.39, 0.29) is 35.0 Å². The summed E-state index contributed by atoms with van der Waals surface area (Å²) in [6.07, 6.45) is 0. The van der Waals surface area contributed by atoms with Gasteiger partial charge in [-0.25, -0.2) is 4.79 Å². The van der Waals surface area contributed by atoms with Gasteiger partial charge < -0.3 is 4.74 Å². The maximum atomic E-state index is 12.8. The highest BCUT2D eigenvalue weighted by molar-refractivity contribution is 6.43. The van der Waals surface area contributed by atoms with Gasteiger partial charge in [0.25, 0.3) is 0 Å². The predicted molar refractivity (Wildman–Crippen MR) is 93.1 cm³/mol. The summed E-state index contributed by atoms with van der Waals surface area (Å²) in [7, 11) is 0. The Bertz CT molecular complexity index is 1000. The molecular weight excluding hydrogens is 334 g/mol. The minimum atomic E-state index is -0.875. The first-order chi connectivity index (χ1) is 12.6. The maximum absolute atomic E-state index is 12.8. The van der Waals surface area contributed by atoms with Crippen LogP contribution in [0.5, 0.6) is 0 Å². The van der Waals surface area contributed by atoms with Crippen LogP contribution in [-0.2, 0) is 9.53 Å². The molecule has 0 bridgehead atoms. The summed E-state index contributed by atoms with van der Waals surface area (Å²) >= 11 is 0. The SMILES string of the molecule is CCOC(=O)/C(C#N)=N/Nc1cccc2c1C(=O)c1ccccc1C2=O. The maximum Gasteiger partial charge on any atom is 0.369 e. The molecule has 1 N–H and O–H groups in total. The molecule has 0 heterocycles. The van der Waals surface area contributed by atoms with Crippen molar-refractivity contribution < 1.29 is 19.1 Å². The molecule has 26 heavy (non-hydrogen) atoms. The van der Waals surface area contributed by atoms with Crippen molar-refractivity contribution >= 4 is 28.9 Å². The van der Waals surface area contributed by atoms with Gasteiger partial charge in [0, 0.05) is 16.7 Å². The highest BCUT2D eigenvalue weighted by Gasteiger charge is 2.31. The molecule has 0 amide bonds. The van der Waals surface area contributed by atoms with Crippen molar-refractivity contribution in [3.05, 3.63) is 64.7 Å². The van der Waals surface area contributed by atoms with Crippen molar-refractivity contribution in [2.75, 3.05) is 12.0 Å². The molecule has 0 atom stereocenters. The minimum absolute atomic E-state index is 0.101. The molecule has 1 aliphatic carbocycles. The molecule has 0 fully saturated rings. The lowest BCUT2D eigenvalue weighted by atomic mass is 9.83. The number of hydrogen-bond donors (Lipinski definition) is 1. The summed E-state index contributed by atoms with van der Waals surface area (Å²) < 4.78 is 4.73. The van der Waals surface area contributed by atoms with Gasteiger partial charge in [-0.1, -0.05) is 36.4 Å². The summed E-state index contributed by atoms with van der Waals surface area (Å²) in [6, 6.07) is 12.9. The van der Waals surface area contributed by atoms with Crippen molar-refractivity contribution in [1.82, 2.24) is 0 Å². The molecule has 0 spiro atoms. The zero-order valence-corrected chi connectivity index (χ0v) is 13.8. The summed E-state index contributed by atoms with van der Waals surface area (Å²) in [5.74, 6) is -1.48. The molecule has 7 nitrogen and oxygen atoms in total. The second-order valence-corrected chi connectivity index (χ2v) is 5.34. The summed E-state index contributed by atoms with van der Waals surface area (Å²) in [6.45, 7) is 1.71. The van der Waals surface area contributed by atoms with E-state index in [1.807, 2.05) is 0 Å². The van der Waals surface area contributed by atoms with Gasteiger partial charge in [0.15, 0.2) is 11.6 Å². The molecule has 128 valence electrons. The fraction of sp³-hybridized carbons (Fsp3) is 0.105. The second-order valence-electron chi connectivity index (χ2n) is 5.34. The number of hydrazone groups is 1. The molecule has 0 unspecified atom stereocenters. The lowest BCUT2D eigenvalue weighted by molar-refractivity contribution is -0.134. The Morgan fingerprint density at radius 3 is 2.38 bits per heavy atom. The molecule has 2 aromatic rings. The normalized spacial score (nSPS) is 12.7. The number of hydrogen-bond acceptors (Lipinski definition) is 7. The Balaban J connectivity index is 2.03. The first-order valence-corrected chi connectivity index (χ1v) is 7.80. The van der Waals surface area contributed by atoms with Crippen LogP contribution < -0.4 is 5.43 Å². The summed E-state index contributed by atoms with van der Waals surface area (Å²) in [5.41, 5.74) is 3.31. The number of ether oxygens (including phenoxy) is 1. The number of fused-ring (bicyclic) bond motifs is 2. The van der Waals surface area contributed by atoms with Crippen LogP contribution in [0.3, 0.4) is 0 Å². The number of nitrogens with one attached hydrogen (secondary N) is 1. The molecule has 3 rings (SSSR count). The number of carbonyl (C=O) groups is 3. The lowest BCUT2D eigenvalue weighted by Crippen LogP contribution is -2.22. The third-order valence-electron chi connectivity index (χ3n) is 3.82. The number of benzene rings is 2. The van der Waals surface area contributed by atoms with E-state index < -0.39 is 11.7 Å². The van der Waals surface area contributed by atoms with E-state index in [0.717, 1.165) is 0 Å². The molecule has 1 aliphatic rings. The van der Waals surface area contributed by atoms with Crippen LogP contribution in [0.15, 0.2) is 47.6 Å². The fourth-order valence-electron chi connectivity index (χ4n) is 2.67. The number of carbonyl (C=O) groups excluding carboxylic acids is 3. The van der Waals surface area contributed by atoms with Crippen molar-refractivity contribution in [3.63, 3.8) is 0 Å². The Hall–Kier alpha value is -3.79. The fourth-order valence-corrected chi connectivity index (χ4v) is 2.67. The molecular formula is C19H13N3O4. The van der Waals surface area contributed by atoms with Crippen LogP contribution in [0.25, 0.3) is 0 Å². The topological polar surface area (TPSA) is 109 Å². The van der Waals surface area contributed by atoms with Gasteiger partial charge in [-0.05, 0) is 13.0 Å². The van der Waals surface area contributed by atoms with Crippen molar-refractivity contribution in [2.45, 2.75) is 6.92 Å². The van der Waals surface area contributed by atoms with Gasteiger partial charge in [0.05, 0.1) is 17.9 Å². The molecule has 0 radical (unpaired) electrons. The molecule has 0 saturated carbocycles. The molecule has 0 saturated heterocycles. The highest BCUT2D eigenvalue weighted by atomic mass is 16.5. The third-order valence-corrected chi connectivity index (χ3v) is 3.82. The molecule has 7 heteroatoms. The van der Waals surface area contributed by atoms with E-state index in [4.69, 9.17) is 10.00 Å². The standard InChI is InChI=1S/C19H13N3O4/c1-2-26-19(25)15(10-20)22-21-14-9-5-8-13-16(14)18(24)12-7-4-3-6-11(12)17(13)23/h3-9,21H,2H2,1H3/b22-15+. The van der Waals surface area contributed by atoms with Crippen molar-refractivity contribution in [2.24, 2.45) is 5.10 Å². The smallest absolute Gasteiger partial charge is 0.369 e. The summed E-state index contributed by atoms with van der Waals surface area (Å²) in [5, 5.41) is 12.7. The molecule has 0 aliphatic heterocycles. The Morgan fingerprint density at radius 1 is 1.08 bits per heavy atom. The Labute approximate surface area is 148 Å². The zero-order valence-electron chi connectivity index (χ0n) is 13.8. The van der Waals surface area contributed by atoms with Crippen molar-refractivity contribution in [1.29, 1.82) is 5.26 Å². The number of anilines is 1. The van der Waals surface area contributed by atoms with Crippen LogP contribution in [0.2, 0.25) is 0 Å². The minimum Gasteiger partial charge on any atom is -0.461 e. The van der Waals surface area contributed by atoms with Crippen LogP contribution in [0.4, 0.5) is 5.69 Å². The van der Waals surface area contributed by atoms with Gasteiger partial charge in [0.1, 0.15) is 6.07 Å². The van der Waals surface area contributed by atoms with Gasteiger partial charge in [-0.3, -0.25) is 15.0 Å². The van der Waals surface area contributed by atoms with E-state index >= 15 is 0 Å². The number of nitrogens with zero attached hydrogens (tertiary/aromatic N) is 2. The lowest BCUT2D eigenvalue weighted by Gasteiger charge is -2.19. The average molecular weight is 347 g/mol. The highest BCUT2D eigenvalue weighted by Crippen LogP contribution is 2.31. The zero-order chi connectivity index (χ0) is 18.7. The molecule has 0 aromatic heterocycles. The van der Waals surface area contributed by atoms with E-state index in [9.17, 15) is 14.4 Å². The van der Waals surface area contributed by atoms with Crippen molar-refractivity contribution in [3.8, 4) is 6.07 Å². The van der Waals surface area contributed by atoms with Gasteiger partial charge in [-0.2, -0.15) is 10.4 Å². The van der Waals surface area contributed by atoms with Crippen LogP contribution in [-0.4, -0.2) is 29.9 Å². The summed E-state index contributed by atoms with van der Waals surface area (Å²) in [4.78, 5) is 37.1. The van der Waals surface area contributed by atoms with E-state index in [1.54, 1.807) is 55.5 Å². The molecule has 2 aromatic carbocycles. The van der Waals surface area contributed by atoms with Gasteiger partial charge in [0.2, 0.25) is 5.71 Å². The largest absolute Gasteiger partial charge is 0.461 e. The average Bonchev–Trinajstić information content (AvgIpc) is 2.66. The van der Waals surface area contributed by atoms with Crippen LogP contribution in [0.1, 0.15) is 38.8 Å². The third kappa shape index (κ3) is 2.84. The first kappa shape index (κ1) is 17.0. The number of nitriles is 1.